The Bertz CT molecular complexity index is 719. The molecule has 2 N–H and O–H groups in total. The van der Waals surface area contributed by atoms with Crippen LogP contribution in [0.2, 0.25) is 0 Å². The van der Waals surface area contributed by atoms with Gasteiger partial charge in [0, 0.05) is 16.9 Å². The number of fused-ring (bicyclic) bond motifs is 1. The zero-order valence-electron chi connectivity index (χ0n) is 9.80. The van der Waals surface area contributed by atoms with Gasteiger partial charge in [0.05, 0.1) is 35.8 Å². The van der Waals surface area contributed by atoms with Gasteiger partial charge in [-0.1, -0.05) is 15.9 Å². The molecule has 0 aliphatic rings. The monoisotopic (exact) mass is 319 g/mol. The molecule has 96 valence electrons. The Labute approximate surface area is 117 Å². The maximum Gasteiger partial charge on any atom is 0.254 e. The molecule has 0 fully saturated rings. The van der Waals surface area contributed by atoms with Crippen LogP contribution in [0.25, 0.3) is 5.52 Å². The van der Waals surface area contributed by atoms with E-state index < -0.39 is 0 Å². The number of halogens is 1. The highest BCUT2D eigenvalue weighted by Crippen LogP contribution is 2.16. The fourth-order valence-electron chi connectivity index (χ4n) is 1.79. The summed E-state index contributed by atoms with van der Waals surface area (Å²) >= 11 is 3.42. The number of carbonyl (C=O) groups excluding carboxylic acids is 1. The quantitative estimate of drug-likeness (QED) is 0.772. The first-order chi connectivity index (χ1) is 9.24. The van der Waals surface area contributed by atoms with Crippen LogP contribution in [0.3, 0.4) is 0 Å². The van der Waals surface area contributed by atoms with Crippen molar-refractivity contribution >= 4 is 27.4 Å². The molecule has 0 radical (unpaired) electrons. The highest BCUT2D eigenvalue weighted by Gasteiger charge is 2.09. The number of hydrogen-bond acceptors (Lipinski definition) is 3. The largest absolute Gasteiger partial charge is 0.346 e. The van der Waals surface area contributed by atoms with Crippen LogP contribution >= 0.6 is 15.9 Å². The third-order valence-electron chi connectivity index (χ3n) is 2.76. The van der Waals surface area contributed by atoms with Gasteiger partial charge in [0.15, 0.2) is 0 Å². The maximum absolute atomic E-state index is 11.8. The second kappa shape index (κ2) is 4.85. The number of nitrogens with zero attached hydrogens (tertiary/aromatic N) is 3. The molecule has 3 heterocycles. The number of hydrogen-bond donors (Lipinski definition) is 2. The van der Waals surface area contributed by atoms with Gasteiger partial charge in [0.2, 0.25) is 0 Å². The lowest BCUT2D eigenvalue weighted by Gasteiger charge is -2.02. The van der Waals surface area contributed by atoms with Gasteiger partial charge in [-0.25, -0.2) is 4.98 Å². The smallest absolute Gasteiger partial charge is 0.254 e. The predicted molar refractivity (Wildman–Crippen MR) is 72.6 cm³/mol. The predicted octanol–water partition coefficient (Wildman–Crippen LogP) is 1.75. The number of rotatable bonds is 3. The van der Waals surface area contributed by atoms with E-state index in [4.69, 9.17) is 0 Å². The van der Waals surface area contributed by atoms with Crippen molar-refractivity contribution in [3.63, 3.8) is 0 Å². The molecule has 0 aliphatic carbocycles. The molecule has 0 aromatic carbocycles. The van der Waals surface area contributed by atoms with Gasteiger partial charge in [-0.05, 0) is 12.1 Å². The van der Waals surface area contributed by atoms with Crippen LogP contribution in [0.1, 0.15) is 16.1 Å². The van der Waals surface area contributed by atoms with Crippen molar-refractivity contribution in [1.29, 1.82) is 0 Å². The van der Waals surface area contributed by atoms with Crippen molar-refractivity contribution in [2.45, 2.75) is 6.54 Å². The summed E-state index contributed by atoms with van der Waals surface area (Å²) in [5, 5.41) is 9.15. The Kier molecular flexibility index (Phi) is 3.04. The Hall–Kier alpha value is -2.15. The number of amides is 1. The summed E-state index contributed by atoms with van der Waals surface area (Å²) in [4.78, 5) is 16.1. The van der Waals surface area contributed by atoms with Gasteiger partial charge in [-0.15, -0.1) is 0 Å². The average molecular weight is 320 g/mol. The molecule has 0 bridgehead atoms. The molecular weight excluding hydrogens is 310 g/mol. The molecule has 7 heteroatoms. The second-order valence-electron chi connectivity index (χ2n) is 4.00. The van der Waals surface area contributed by atoms with Gasteiger partial charge >= 0.3 is 0 Å². The van der Waals surface area contributed by atoms with Crippen LogP contribution in [0.15, 0.2) is 41.5 Å². The lowest BCUT2D eigenvalue weighted by Crippen LogP contribution is -2.22. The molecule has 3 rings (SSSR count). The first kappa shape index (κ1) is 11.9. The Balaban J connectivity index is 1.79. The van der Waals surface area contributed by atoms with E-state index in [0.717, 1.165) is 15.7 Å². The van der Waals surface area contributed by atoms with Crippen LogP contribution in [0, 0.1) is 0 Å². The van der Waals surface area contributed by atoms with Crippen LogP contribution in [-0.2, 0) is 6.54 Å². The maximum atomic E-state index is 11.8. The van der Waals surface area contributed by atoms with Gasteiger partial charge in [0.1, 0.15) is 0 Å². The SMILES string of the molecule is O=C(NCc1ncn2ccc(Br)cc12)c1cn[nH]c1. The number of imidazole rings is 1. The number of carbonyl (C=O) groups is 1. The molecular formula is C12H10BrN5O. The van der Waals surface area contributed by atoms with Crippen molar-refractivity contribution in [2.24, 2.45) is 0 Å². The van der Waals surface area contributed by atoms with E-state index in [1.165, 1.54) is 6.20 Å². The van der Waals surface area contributed by atoms with E-state index in [1.807, 2.05) is 22.7 Å². The highest BCUT2D eigenvalue weighted by atomic mass is 79.9. The number of pyridine rings is 1. The minimum atomic E-state index is -0.176. The summed E-state index contributed by atoms with van der Waals surface area (Å²) in [6.45, 7) is 0.372. The number of H-pyrrole nitrogens is 1. The van der Waals surface area contributed by atoms with E-state index in [-0.39, 0.29) is 5.91 Å². The molecule has 0 spiro atoms. The van der Waals surface area contributed by atoms with Crippen molar-refractivity contribution in [1.82, 2.24) is 24.9 Å². The van der Waals surface area contributed by atoms with Crippen LogP contribution in [0.5, 0.6) is 0 Å². The van der Waals surface area contributed by atoms with Crippen molar-refractivity contribution < 1.29 is 4.79 Å². The zero-order valence-corrected chi connectivity index (χ0v) is 11.4. The summed E-state index contributed by atoms with van der Waals surface area (Å²) < 4.78 is 2.88. The van der Waals surface area contributed by atoms with E-state index in [1.54, 1.807) is 12.5 Å². The molecule has 19 heavy (non-hydrogen) atoms. The minimum Gasteiger partial charge on any atom is -0.346 e. The molecule has 0 saturated heterocycles. The molecule has 0 aliphatic heterocycles. The van der Waals surface area contributed by atoms with Crippen molar-refractivity contribution in [3.8, 4) is 0 Å². The fourth-order valence-corrected chi connectivity index (χ4v) is 2.13. The summed E-state index contributed by atoms with van der Waals surface area (Å²) in [6, 6.07) is 3.90. The highest BCUT2D eigenvalue weighted by molar-refractivity contribution is 9.10. The molecule has 0 unspecified atom stereocenters. The van der Waals surface area contributed by atoms with Crippen molar-refractivity contribution in [3.05, 3.63) is 52.8 Å². The van der Waals surface area contributed by atoms with Crippen LogP contribution in [0.4, 0.5) is 0 Å². The normalized spacial score (nSPS) is 10.8. The molecule has 0 saturated carbocycles. The number of nitrogens with one attached hydrogen (secondary N) is 2. The summed E-state index contributed by atoms with van der Waals surface area (Å²) in [7, 11) is 0. The van der Waals surface area contributed by atoms with Gasteiger partial charge < -0.3 is 9.72 Å². The zero-order chi connectivity index (χ0) is 13.2. The number of aromatic nitrogens is 4. The summed E-state index contributed by atoms with van der Waals surface area (Å²) in [5.74, 6) is -0.176. The molecule has 1 amide bonds. The summed E-state index contributed by atoms with van der Waals surface area (Å²) in [5.41, 5.74) is 2.28. The first-order valence-electron chi connectivity index (χ1n) is 5.62. The number of aromatic amines is 1. The molecule has 3 aromatic heterocycles. The van der Waals surface area contributed by atoms with Gasteiger partial charge in [-0.2, -0.15) is 5.10 Å². The fraction of sp³-hybridized carbons (Fsp3) is 0.0833. The Morgan fingerprint density at radius 1 is 1.53 bits per heavy atom. The standard InChI is InChI=1S/C12H10BrN5O/c13-9-1-2-18-7-15-10(11(18)3-9)6-14-12(19)8-4-16-17-5-8/h1-5,7H,6H2,(H,14,19)(H,16,17). The minimum absolute atomic E-state index is 0.176. The molecule has 3 aromatic rings. The van der Waals surface area contributed by atoms with E-state index in [2.05, 4.69) is 36.4 Å². The average Bonchev–Trinajstić information content (AvgIpc) is 3.05. The van der Waals surface area contributed by atoms with E-state index in [0.29, 0.717) is 12.1 Å². The van der Waals surface area contributed by atoms with E-state index >= 15 is 0 Å². The van der Waals surface area contributed by atoms with Gasteiger partial charge in [-0.3, -0.25) is 9.89 Å². The second-order valence-corrected chi connectivity index (χ2v) is 4.91. The first-order valence-corrected chi connectivity index (χ1v) is 6.41. The topological polar surface area (TPSA) is 75.1 Å². The summed E-state index contributed by atoms with van der Waals surface area (Å²) in [6.07, 6.45) is 6.67. The van der Waals surface area contributed by atoms with Crippen LogP contribution < -0.4 is 5.32 Å². The lowest BCUT2D eigenvalue weighted by molar-refractivity contribution is 0.0950. The Morgan fingerprint density at radius 3 is 3.21 bits per heavy atom. The van der Waals surface area contributed by atoms with Crippen LogP contribution in [-0.4, -0.2) is 25.5 Å². The van der Waals surface area contributed by atoms with E-state index in [9.17, 15) is 4.79 Å². The molecule has 0 atom stereocenters. The van der Waals surface area contributed by atoms with Crippen molar-refractivity contribution in [2.75, 3.05) is 0 Å². The lowest BCUT2D eigenvalue weighted by atomic mass is 10.3. The Morgan fingerprint density at radius 2 is 2.42 bits per heavy atom. The third-order valence-corrected chi connectivity index (χ3v) is 3.25. The third kappa shape index (κ3) is 2.37. The molecule has 6 nitrogen and oxygen atoms in total. The van der Waals surface area contributed by atoms with Gasteiger partial charge in [0.25, 0.3) is 5.91 Å².